The molecule has 136 valence electrons. The third-order valence-corrected chi connectivity index (χ3v) is 4.96. The minimum absolute atomic E-state index is 0.0258. The van der Waals surface area contributed by atoms with Gasteiger partial charge in [0.25, 0.3) is 0 Å². The average molecular weight is 361 g/mol. The molecule has 0 amide bonds. The molecule has 6 nitrogen and oxygen atoms in total. The van der Waals surface area contributed by atoms with Gasteiger partial charge in [-0.05, 0) is 35.4 Å². The highest BCUT2D eigenvalue weighted by Crippen LogP contribution is 2.33. The van der Waals surface area contributed by atoms with Gasteiger partial charge in [0.1, 0.15) is 0 Å². The quantitative estimate of drug-likeness (QED) is 0.558. The largest absolute Gasteiger partial charge is 0.477 e. The Morgan fingerprint density at radius 2 is 1.96 bits per heavy atom. The maximum Gasteiger partial charge on any atom is 0.354 e. The second-order valence-electron chi connectivity index (χ2n) is 6.54. The summed E-state index contributed by atoms with van der Waals surface area (Å²) in [6, 6.07) is 10.2. The fourth-order valence-corrected chi connectivity index (χ4v) is 3.56. The van der Waals surface area contributed by atoms with Crippen LogP contribution in [-0.4, -0.2) is 33.1 Å². The minimum Gasteiger partial charge on any atom is -0.477 e. The van der Waals surface area contributed by atoms with Gasteiger partial charge >= 0.3 is 5.97 Å². The summed E-state index contributed by atoms with van der Waals surface area (Å²) < 4.78 is 5.27. The van der Waals surface area contributed by atoms with Crippen LogP contribution in [0.1, 0.15) is 40.0 Å². The normalized spacial score (nSPS) is 12.5. The number of carbonyl (C=O) groups is 1. The molecular weight excluding hydrogens is 342 g/mol. The van der Waals surface area contributed by atoms with E-state index in [0.717, 1.165) is 27.4 Å². The number of hydrogen-bond acceptors (Lipinski definition) is 4. The maximum atomic E-state index is 11.6. The predicted molar refractivity (Wildman–Crippen MR) is 103 cm³/mol. The first kappa shape index (κ1) is 17.2. The van der Waals surface area contributed by atoms with E-state index in [1.807, 2.05) is 18.2 Å². The van der Waals surface area contributed by atoms with E-state index < -0.39 is 5.97 Å². The molecule has 1 aromatic carbocycles. The monoisotopic (exact) mass is 361 g/mol. The highest BCUT2D eigenvalue weighted by Gasteiger charge is 2.19. The summed E-state index contributed by atoms with van der Waals surface area (Å²) in [5.74, 6) is -0.867. The van der Waals surface area contributed by atoms with Gasteiger partial charge in [-0.25, -0.2) is 9.78 Å². The fourth-order valence-electron chi connectivity index (χ4n) is 3.56. The smallest absolute Gasteiger partial charge is 0.354 e. The molecule has 0 saturated carbocycles. The van der Waals surface area contributed by atoms with E-state index >= 15 is 0 Å². The second-order valence-corrected chi connectivity index (χ2v) is 6.54. The van der Waals surface area contributed by atoms with Gasteiger partial charge in [-0.1, -0.05) is 13.0 Å². The van der Waals surface area contributed by atoms with Crippen molar-refractivity contribution < 1.29 is 14.6 Å². The van der Waals surface area contributed by atoms with Crippen molar-refractivity contribution in [3.05, 3.63) is 71.3 Å². The topological polar surface area (TPSA) is 88.1 Å². The van der Waals surface area contributed by atoms with E-state index in [1.165, 1.54) is 5.56 Å². The Morgan fingerprint density at radius 3 is 2.67 bits per heavy atom. The van der Waals surface area contributed by atoms with E-state index in [9.17, 15) is 9.90 Å². The number of H-pyrrole nitrogens is 1. The molecule has 1 unspecified atom stereocenters. The van der Waals surface area contributed by atoms with Crippen molar-refractivity contribution in [1.29, 1.82) is 0 Å². The van der Waals surface area contributed by atoms with Crippen molar-refractivity contribution in [2.24, 2.45) is 0 Å². The van der Waals surface area contributed by atoms with Gasteiger partial charge < -0.3 is 14.8 Å². The molecule has 0 saturated heterocycles. The molecule has 0 radical (unpaired) electrons. The van der Waals surface area contributed by atoms with Crippen molar-refractivity contribution in [3.63, 3.8) is 0 Å². The molecule has 0 aliphatic carbocycles. The third-order valence-electron chi connectivity index (χ3n) is 4.96. The lowest BCUT2D eigenvalue weighted by atomic mass is 9.92. The number of pyridine rings is 2. The van der Waals surface area contributed by atoms with E-state index in [2.05, 4.69) is 34.0 Å². The first-order chi connectivity index (χ1) is 13.1. The van der Waals surface area contributed by atoms with Crippen molar-refractivity contribution in [1.82, 2.24) is 15.0 Å². The van der Waals surface area contributed by atoms with Gasteiger partial charge in [0, 0.05) is 47.3 Å². The molecule has 0 bridgehead atoms. The number of nitrogens with one attached hydrogen (secondary N) is 1. The predicted octanol–water partition coefficient (Wildman–Crippen LogP) is 4.11. The van der Waals surface area contributed by atoms with Crippen molar-refractivity contribution in [2.45, 2.75) is 19.4 Å². The van der Waals surface area contributed by atoms with Crippen molar-refractivity contribution in [2.75, 3.05) is 7.11 Å². The summed E-state index contributed by atoms with van der Waals surface area (Å²) >= 11 is 0. The van der Waals surface area contributed by atoms with Crippen LogP contribution in [0.3, 0.4) is 0 Å². The SMILES string of the molecule is COCc1c(C(=O)O)ncc2[nH]c3ccc(C(C)c4ccncc4)cc3c12. The zero-order chi connectivity index (χ0) is 19.0. The lowest BCUT2D eigenvalue weighted by Crippen LogP contribution is -2.07. The van der Waals surface area contributed by atoms with E-state index in [4.69, 9.17) is 4.74 Å². The Bertz CT molecular complexity index is 1140. The van der Waals surface area contributed by atoms with Gasteiger partial charge in [0.2, 0.25) is 0 Å². The zero-order valence-electron chi connectivity index (χ0n) is 15.1. The Hall–Kier alpha value is -3.25. The van der Waals surface area contributed by atoms with Crippen LogP contribution in [0.15, 0.2) is 48.9 Å². The van der Waals surface area contributed by atoms with Gasteiger partial charge in [0.05, 0.1) is 18.3 Å². The van der Waals surface area contributed by atoms with E-state index in [1.54, 1.807) is 25.7 Å². The van der Waals surface area contributed by atoms with Gasteiger partial charge in [0.15, 0.2) is 5.69 Å². The van der Waals surface area contributed by atoms with Crippen LogP contribution < -0.4 is 0 Å². The third kappa shape index (κ3) is 2.94. The molecular formula is C21H19N3O3. The highest BCUT2D eigenvalue weighted by atomic mass is 16.5. The number of methoxy groups -OCH3 is 1. The number of hydrogen-bond donors (Lipinski definition) is 2. The zero-order valence-corrected chi connectivity index (χ0v) is 15.1. The molecule has 0 aliphatic rings. The summed E-state index contributed by atoms with van der Waals surface area (Å²) in [7, 11) is 1.55. The van der Waals surface area contributed by atoms with E-state index in [-0.39, 0.29) is 18.2 Å². The van der Waals surface area contributed by atoms with Gasteiger partial charge in [-0.3, -0.25) is 4.98 Å². The molecule has 0 spiro atoms. The van der Waals surface area contributed by atoms with Crippen molar-refractivity contribution in [3.8, 4) is 0 Å². The van der Waals surface area contributed by atoms with Crippen LogP contribution in [0, 0.1) is 0 Å². The maximum absolute atomic E-state index is 11.6. The molecule has 4 aromatic rings. The van der Waals surface area contributed by atoms with Crippen LogP contribution in [0.25, 0.3) is 21.8 Å². The number of benzene rings is 1. The molecule has 3 heterocycles. The lowest BCUT2D eigenvalue weighted by Gasteiger charge is -2.13. The lowest BCUT2D eigenvalue weighted by molar-refractivity contribution is 0.0685. The first-order valence-corrected chi connectivity index (χ1v) is 8.65. The summed E-state index contributed by atoms with van der Waals surface area (Å²) in [6.07, 6.45) is 5.15. The number of carboxylic acid groups (broad SMARTS) is 1. The molecule has 0 aliphatic heterocycles. The molecule has 0 fully saturated rings. The van der Waals surface area contributed by atoms with Crippen LogP contribution in [0.2, 0.25) is 0 Å². The van der Waals surface area contributed by atoms with Crippen LogP contribution >= 0.6 is 0 Å². The Balaban J connectivity index is 1.95. The fraction of sp³-hybridized carbons (Fsp3) is 0.190. The summed E-state index contributed by atoms with van der Waals surface area (Å²) in [4.78, 5) is 23.1. The summed E-state index contributed by atoms with van der Waals surface area (Å²) in [5.41, 5.74) is 4.68. The molecule has 2 N–H and O–H groups in total. The molecule has 3 aromatic heterocycles. The minimum atomic E-state index is -1.06. The van der Waals surface area contributed by atoms with Crippen molar-refractivity contribution >= 4 is 27.8 Å². The van der Waals surface area contributed by atoms with Crippen LogP contribution in [-0.2, 0) is 11.3 Å². The number of aromatic carboxylic acids is 1. The number of aromatic nitrogens is 3. The number of aromatic amines is 1. The Labute approximate surface area is 155 Å². The van der Waals surface area contributed by atoms with Gasteiger partial charge in [-0.2, -0.15) is 0 Å². The van der Waals surface area contributed by atoms with Crippen LogP contribution in [0.5, 0.6) is 0 Å². The van der Waals surface area contributed by atoms with E-state index in [0.29, 0.717) is 5.56 Å². The number of ether oxygens (including phenoxy) is 1. The molecule has 4 rings (SSSR count). The summed E-state index contributed by atoms with van der Waals surface area (Å²) in [5, 5.41) is 11.3. The average Bonchev–Trinajstić information content (AvgIpc) is 3.06. The number of nitrogens with zero attached hydrogens (tertiary/aromatic N) is 2. The molecule has 1 atom stereocenters. The number of rotatable bonds is 5. The number of fused-ring (bicyclic) bond motifs is 3. The van der Waals surface area contributed by atoms with Crippen LogP contribution in [0.4, 0.5) is 0 Å². The Morgan fingerprint density at radius 1 is 1.19 bits per heavy atom. The summed E-state index contributed by atoms with van der Waals surface area (Å²) in [6.45, 7) is 2.33. The Kier molecular flexibility index (Phi) is 4.33. The number of carboxylic acids is 1. The second kappa shape index (κ2) is 6.81. The first-order valence-electron chi connectivity index (χ1n) is 8.65. The standard InChI is InChI=1S/C21H19N3O3/c1-12(13-5-7-22-8-6-13)14-3-4-17-15(9-14)19-16(11-27-2)20(21(25)26)23-10-18(19)24-17/h3-10,12,24H,11H2,1-2H3,(H,25,26). The van der Waals surface area contributed by atoms with Gasteiger partial charge in [-0.15, -0.1) is 0 Å². The molecule has 6 heteroatoms. The molecule has 27 heavy (non-hydrogen) atoms. The highest BCUT2D eigenvalue weighted by molar-refractivity contribution is 6.11.